The summed E-state index contributed by atoms with van der Waals surface area (Å²) in [4.78, 5) is 14.1. The number of amides is 1. The molecule has 1 N–H and O–H groups in total. The zero-order valence-electron chi connectivity index (χ0n) is 14.2. The van der Waals surface area contributed by atoms with Gasteiger partial charge in [-0.25, -0.2) is 0 Å². The van der Waals surface area contributed by atoms with E-state index < -0.39 is 6.10 Å². The summed E-state index contributed by atoms with van der Waals surface area (Å²) in [5, 5.41) is 9.73. The molecule has 0 aromatic heterocycles. The van der Waals surface area contributed by atoms with Crippen molar-refractivity contribution in [1.29, 1.82) is 0 Å². The fraction of sp³-hybridized carbons (Fsp3) is 0.412. The molecule has 0 spiro atoms. The molecule has 130 valence electrons. The average molecular weight is 371 g/mol. The van der Waals surface area contributed by atoms with Crippen LogP contribution >= 0.6 is 0 Å². The summed E-state index contributed by atoms with van der Waals surface area (Å²) in [6.07, 6.45) is -0.621. The monoisotopic (exact) mass is 371 g/mol. The second kappa shape index (κ2) is 19.4. The molecular formula is C17H21CrNO5. The standard InChI is InChI=1S/C14H21NO2.3CO.Cr/c1-5-15(6-2)14(17)13-10(3)8-7-9-12(13)11(4)16;3*1-2;/h7-9,11,16H,5-6H2,1-4H3;;;;/t11-;;;;/m0..../s1. The molecule has 1 aromatic carbocycles. The Balaban J connectivity index is -0.000000256. The van der Waals surface area contributed by atoms with E-state index in [1.54, 1.807) is 11.8 Å². The van der Waals surface area contributed by atoms with Crippen molar-refractivity contribution in [1.82, 2.24) is 4.90 Å². The van der Waals surface area contributed by atoms with Gasteiger partial charge >= 0.3 is 33.9 Å². The maximum absolute atomic E-state index is 12.4. The third-order valence-corrected chi connectivity index (χ3v) is 3.02. The minimum atomic E-state index is -0.621. The van der Waals surface area contributed by atoms with Crippen molar-refractivity contribution in [2.24, 2.45) is 0 Å². The zero-order valence-corrected chi connectivity index (χ0v) is 15.4. The van der Waals surface area contributed by atoms with Crippen LogP contribution in [0.25, 0.3) is 0 Å². The summed E-state index contributed by atoms with van der Waals surface area (Å²) < 4.78 is 22.5. The molecule has 0 saturated carbocycles. The number of carbonyl (C=O) groups excluding carboxylic acids is 1. The first-order chi connectivity index (χ1) is 11.0. The maximum atomic E-state index is 12.4. The van der Waals surface area contributed by atoms with E-state index in [1.165, 1.54) is 0 Å². The molecule has 0 heterocycles. The van der Waals surface area contributed by atoms with Gasteiger partial charge in [-0.15, -0.1) is 0 Å². The summed E-state index contributed by atoms with van der Waals surface area (Å²) >= 11 is 0. The minimum absolute atomic E-state index is 0. The zero-order chi connectivity index (χ0) is 19.0. The van der Waals surface area contributed by atoms with Crippen molar-refractivity contribution in [3.63, 3.8) is 0 Å². The quantitative estimate of drug-likeness (QED) is 0.649. The summed E-state index contributed by atoms with van der Waals surface area (Å²) in [5.41, 5.74) is 2.27. The van der Waals surface area contributed by atoms with Gasteiger partial charge in [0.05, 0.1) is 6.10 Å². The molecule has 6 nitrogen and oxygen atoms in total. The first kappa shape index (κ1) is 30.3. The summed E-state index contributed by atoms with van der Waals surface area (Å²) in [5.74, 6) is 0.00370. The molecular weight excluding hydrogens is 350 g/mol. The smallest absolute Gasteiger partial charge is 0 e. The summed E-state index contributed by atoms with van der Waals surface area (Å²) in [7, 11) is 0. The van der Waals surface area contributed by atoms with Gasteiger partial charge in [-0.2, -0.15) is 0 Å². The van der Waals surface area contributed by atoms with Gasteiger partial charge in [0, 0.05) is 36.0 Å². The van der Waals surface area contributed by atoms with Crippen LogP contribution in [0.4, 0.5) is 0 Å². The molecule has 0 fully saturated rings. The first-order valence-electron chi connectivity index (χ1n) is 6.71. The number of aliphatic hydroxyl groups excluding tert-OH is 1. The molecule has 1 atom stereocenters. The van der Waals surface area contributed by atoms with E-state index in [0.717, 1.165) is 5.56 Å². The third kappa shape index (κ3) is 9.52. The van der Waals surface area contributed by atoms with E-state index in [9.17, 15) is 9.90 Å². The number of carbonyl (C=O) groups is 1. The van der Waals surface area contributed by atoms with Crippen molar-refractivity contribution < 1.29 is 41.2 Å². The van der Waals surface area contributed by atoms with Gasteiger partial charge in [0.2, 0.25) is 0 Å². The van der Waals surface area contributed by atoms with Crippen molar-refractivity contribution in [2.75, 3.05) is 13.1 Å². The molecule has 0 bridgehead atoms. The first-order valence-corrected chi connectivity index (χ1v) is 6.71. The van der Waals surface area contributed by atoms with E-state index in [2.05, 4.69) is 20.0 Å². The molecule has 0 aliphatic carbocycles. The third-order valence-electron chi connectivity index (χ3n) is 3.02. The van der Waals surface area contributed by atoms with Crippen molar-refractivity contribution in [3.8, 4) is 0 Å². The van der Waals surface area contributed by atoms with Crippen molar-refractivity contribution in [3.05, 3.63) is 54.8 Å². The Bertz CT molecular complexity index is 505. The van der Waals surface area contributed by atoms with E-state index in [1.807, 2.05) is 39.0 Å². The molecule has 1 aromatic rings. The van der Waals surface area contributed by atoms with Crippen molar-refractivity contribution in [2.45, 2.75) is 33.8 Å². The van der Waals surface area contributed by atoms with Crippen LogP contribution in [0.5, 0.6) is 0 Å². The predicted molar refractivity (Wildman–Crippen MR) is 80.9 cm³/mol. The van der Waals surface area contributed by atoms with Crippen LogP contribution in [0.15, 0.2) is 18.2 Å². The second-order valence-electron chi connectivity index (χ2n) is 4.19. The number of hydrogen-bond donors (Lipinski definition) is 1. The van der Waals surface area contributed by atoms with Crippen LogP contribution in [-0.2, 0) is 31.3 Å². The minimum Gasteiger partial charge on any atom is 0 e. The van der Waals surface area contributed by atoms with E-state index in [4.69, 9.17) is 14.0 Å². The maximum Gasteiger partial charge on any atom is 0 e. The molecule has 1 rings (SSSR count). The van der Waals surface area contributed by atoms with Crippen molar-refractivity contribution >= 4 is 5.91 Å². The fourth-order valence-electron chi connectivity index (χ4n) is 2.00. The predicted octanol–water partition coefficient (Wildman–Crippen LogP) is 2.42. The molecule has 7 heteroatoms. The fourth-order valence-corrected chi connectivity index (χ4v) is 2.00. The van der Waals surface area contributed by atoms with Crippen LogP contribution in [0.3, 0.4) is 0 Å². The number of rotatable bonds is 4. The normalized spacial score (nSPS) is 8.96. The molecule has 0 saturated heterocycles. The number of hydrogen-bond acceptors (Lipinski definition) is 2. The number of benzene rings is 1. The van der Waals surface area contributed by atoms with Crippen LogP contribution < -0.4 is 0 Å². The van der Waals surface area contributed by atoms with Gasteiger partial charge < -0.3 is 10.0 Å². The largest absolute Gasteiger partial charge is 0 e. The Labute approximate surface area is 154 Å². The van der Waals surface area contributed by atoms with E-state index in [0.29, 0.717) is 24.2 Å². The number of nitrogens with zero attached hydrogens (tertiary/aromatic N) is 1. The van der Waals surface area contributed by atoms with E-state index in [-0.39, 0.29) is 23.3 Å². The van der Waals surface area contributed by atoms with Gasteiger partial charge in [0.15, 0.2) is 0 Å². The molecule has 0 unspecified atom stereocenters. The topological polar surface area (TPSA) is 100 Å². The van der Waals surface area contributed by atoms with Gasteiger partial charge in [0.1, 0.15) is 0 Å². The number of aryl methyl sites for hydroxylation is 1. The summed E-state index contributed by atoms with van der Waals surface area (Å²) in [6.45, 7) is 22.4. The van der Waals surface area contributed by atoms with E-state index >= 15 is 0 Å². The second-order valence-corrected chi connectivity index (χ2v) is 4.19. The van der Waals surface area contributed by atoms with Gasteiger partial charge in [-0.1, -0.05) is 18.2 Å². The molecule has 0 aliphatic heterocycles. The summed E-state index contributed by atoms with van der Waals surface area (Å²) in [6, 6.07) is 5.59. The van der Waals surface area contributed by atoms with Crippen LogP contribution in [0, 0.1) is 26.9 Å². The van der Waals surface area contributed by atoms with Gasteiger partial charge in [0.25, 0.3) is 5.91 Å². The Morgan fingerprint density at radius 1 is 1.12 bits per heavy atom. The Morgan fingerprint density at radius 3 is 1.88 bits per heavy atom. The SMILES string of the molecule is CCN(CC)C(=O)c1c(C)cccc1[C@H](C)O.[C-]#[O+].[C-]#[O+].[C-]#[O+].[Cr]. The van der Waals surface area contributed by atoms with Crippen LogP contribution in [0.2, 0.25) is 0 Å². The van der Waals surface area contributed by atoms with Gasteiger partial charge in [-0.05, 0) is 38.8 Å². The number of aliphatic hydroxyl groups is 1. The molecule has 0 aliphatic rings. The van der Waals surface area contributed by atoms with Crippen LogP contribution in [0.1, 0.15) is 48.4 Å². The Hall–Kier alpha value is -1.60. The Morgan fingerprint density at radius 2 is 1.54 bits per heavy atom. The Kier molecular flexibility index (Phi) is 24.6. The average Bonchev–Trinajstić information content (AvgIpc) is 2.60. The molecule has 24 heavy (non-hydrogen) atoms. The molecule has 1 amide bonds. The van der Waals surface area contributed by atoms with Crippen LogP contribution in [-0.4, -0.2) is 29.0 Å². The van der Waals surface area contributed by atoms with Gasteiger partial charge in [-0.3, -0.25) is 4.79 Å². The molecule has 0 radical (unpaired) electrons.